The fourth-order valence-electron chi connectivity index (χ4n) is 3.41. The van der Waals surface area contributed by atoms with Crippen LogP contribution in [0, 0.1) is 5.82 Å². The topological polar surface area (TPSA) is 43.9 Å². The average Bonchev–Trinajstić information content (AvgIpc) is 2.68. The molecule has 2 saturated heterocycles. The molecule has 26 heavy (non-hydrogen) atoms. The molecule has 2 fully saturated rings. The molecule has 1 aromatic rings. The standard InChI is InChI=1S/C20H26FN3O2/c21-18-7-4-17(5-8-18)6-9-19(25)24-14-12-22(13-15-24)16-20(26)23-10-2-1-3-11-23/h4-9H,1-3,10-16H2/b9-6+. The van der Waals surface area contributed by atoms with Crippen LogP contribution in [0.1, 0.15) is 24.8 Å². The van der Waals surface area contributed by atoms with E-state index in [0.29, 0.717) is 19.6 Å². The lowest BCUT2D eigenvalue weighted by molar-refractivity contribution is -0.134. The number of hydrogen-bond donors (Lipinski definition) is 0. The zero-order valence-corrected chi connectivity index (χ0v) is 15.1. The molecular weight excluding hydrogens is 333 g/mol. The van der Waals surface area contributed by atoms with Crippen molar-refractivity contribution in [1.82, 2.24) is 14.7 Å². The summed E-state index contributed by atoms with van der Waals surface area (Å²) < 4.78 is 12.9. The first kappa shape index (κ1) is 18.6. The molecule has 2 amide bonds. The summed E-state index contributed by atoms with van der Waals surface area (Å²) in [7, 11) is 0. The molecule has 0 radical (unpaired) electrons. The quantitative estimate of drug-likeness (QED) is 0.773. The van der Waals surface area contributed by atoms with Gasteiger partial charge in [-0.3, -0.25) is 14.5 Å². The first-order chi connectivity index (χ1) is 12.6. The Balaban J connectivity index is 1.43. The first-order valence-corrected chi connectivity index (χ1v) is 9.34. The predicted octanol–water partition coefficient (Wildman–Crippen LogP) is 2.00. The van der Waals surface area contributed by atoms with Crippen molar-refractivity contribution in [3.05, 3.63) is 41.7 Å². The molecule has 3 rings (SSSR count). The summed E-state index contributed by atoms with van der Waals surface area (Å²) >= 11 is 0. The van der Waals surface area contributed by atoms with E-state index >= 15 is 0 Å². The average molecular weight is 359 g/mol. The van der Waals surface area contributed by atoms with E-state index < -0.39 is 0 Å². The van der Waals surface area contributed by atoms with E-state index in [0.717, 1.165) is 44.6 Å². The molecule has 1 aromatic carbocycles. The van der Waals surface area contributed by atoms with Crippen LogP contribution in [0.5, 0.6) is 0 Å². The van der Waals surface area contributed by atoms with Crippen molar-refractivity contribution in [2.45, 2.75) is 19.3 Å². The van der Waals surface area contributed by atoms with E-state index in [1.54, 1.807) is 23.1 Å². The number of piperidine rings is 1. The van der Waals surface area contributed by atoms with Crippen LogP contribution in [0.4, 0.5) is 4.39 Å². The highest BCUT2D eigenvalue weighted by atomic mass is 19.1. The molecule has 2 aliphatic heterocycles. The highest BCUT2D eigenvalue weighted by Crippen LogP contribution is 2.11. The Labute approximate surface area is 154 Å². The van der Waals surface area contributed by atoms with E-state index in [1.165, 1.54) is 24.6 Å². The van der Waals surface area contributed by atoms with Crippen molar-refractivity contribution < 1.29 is 14.0 Å². The van der Waals surface area contributed by atoms with Crippen LogP contribution in [0.15, 0.2) is 30.3 Å². The summed E-state index contributed by atoms with van der Waals surface area (Å²) in [4.78, 5) is 30.5. The second-order valence-corrected chi connectivity index (χ2v) is 6.93. The third-order valence-corrected chi connectivity index (χ3v) is 5.04. The Bertz CT molecular complexity index is 646. The highest BCUT2D eigenvalue weighted by Gasteiger charge is 2.23. The lowest BCUT2D eigenvalue weighted by atomic mass is 10.1. The molecule has 0 aromatic heterocycles. The van der Waals surface area contributed by atoms with E-state index in [2.05, 4.69) is 4.90 Å². The zero-order chi connectivity index (χ0) is 18.4. The maximum Gasteiger partial charge on any atom is 0.246 e. The summed E-state index contributed by atoms with van der Waals surface area (Å²) in [6.07, 6.45) is 6.66. The lowest BCUT2D eigenvalue weighted by Crippen LogP contribution is -2.51. The second-order valence-electron chi connectivity index (χ2n) is 6.93. The molecule has 140 valence electrons. The monoisotopic (exact) mass is 359 g/mol. The van der Waals surface area contributed by atoms with E-state index in [9.17, 15) is 14.0 Å². The van der Waals surface area contributed by atoms with E-state index in [-0.39, 0.29) is 17.6 Å². The Kier molecular flexibility index (Phi) is 6.39. The molecule has 0 N–H and O–H groups in total. The minimum atomic E-state index is -0.288. The van der Waals surface area contributed by atoms with Gasteiger partial charge in [-0.15, -0.1) is 0 Å². The largest absolute Gasteiger partial charge is 0.342 e. The molecule has 2 heterocycles. The van der Waals surface area contributed by atoms with Crippen molar-refractivity contribution in [1.29, 1.82) is 0 Å². The molecule has 0 aliphatic carbocycles. The van der Waals surface area contributed by atoms with E-state index in [1.807, 2.05) is 4.90 Å². The fourth-order valence-corrected chi connectivity index (χ4v) is 3.41. The van der Waals surface area contributed by atoms with Gasteiger partial charge in [-0.1, -0.05) is 12.1 Å². The van der Waals surface area contributed by atoms with Gasteiger partial charge < -0.3 is 9.80 Å². The molecule has 0 spiro atoms. The smallest absolute Gasteiger partial charge is 0.246 e. The van der Waals surface area contributed by atoms with Crippen molar-refractivity contribution in [2.24, 2.45) is 0 Å². The minimum Gasteiger partial charge on any atom is -0.342 e. The van der Waals surface area contributed by atoms with Gasteiger partial charge in [0.25, 0.3) is 0 Å². The van der Waals surface area contributed by atoms with Gasteiger partial charge in [-0.2, -0.15) is 0 Å². The normalized spacial score (nSPS) is 19.1. The molecule has 6 heteroatoms. The Morgan fingerprint density at radius 3 is 2.19 bits per heavy atom. The number of nitrogens with zero attached hydrogens (tertiary/aromatic N) is 3. The third kappa shape index (κ3) is 5.14. The number of amides is 2. The van der Waals surface area contributed by atoms with Crippen LogP contribution in [0.3, 0.4) is 0 Å². The fraction of sp³-hybridized carbons (Fsp3) is 0.500. The van der Waals surface area contributed by atoms with Crippen molar-refractivity contribution in [2.75, 3.05) is 45.8 Å². The summed E-state index contributed by atoms with van der Waals surface area (Å²) in [6.45, 7) is 4.90. The second kappa shape index (κ2) is 8.94. The van der Waals surface area contributed by atoms with Gasteiger partial charge >= 0.3 is 0 Å². The van der Waals surface area contributed by atoms with Gasteiger partial charge in [0.05, 0.1) is 6.54 Å². The summed E-state index contributed by atoms with van der Waals surface area (Å²) in [5, 5.41) is 0. The number of hydrogen-bond acceptors (Lipinski definition) is 3. The SMILES string of the molecule is O=C(/C=C/c1ccc(F)cc1)N1CCN(CC(=O)N2CCCCC2)CC1. The molecule has 0 atom stereocenters. The summed E-state index contributed by atoms with van der Waals surface area (Å²) in [5.74, 6) is -0.124. The van der Waals surface area contributed by atoms with Crippen LogP contribution in [0.2, 0.25) is 0 Å². The zero-order valence-electron chi connectivity index (χ0n) is 15.1. The predicted molar refractivity (Wildman–Crippen MR) is 98.9 cm³/mol. The number of rotatable bonds is 4. The number of benzene rings is 1. The van der Waals surface area contributed by atoms with Gasteiger partial charge in [-0.05, 0) is 43.0 Å². The van der Waals surface area contributed by atoms with Crippen LogP contribution in [-0.2, 0) is 9.59 Å². The van der Waals surface area contributed by atoms with Crippen LogP contribution >= 0.6 is 0 Å². The van der Waals surface area contributed by atoms with Crippen LogP contribution in [-0.4, -0.2) is 72.3 Å². The van der Waals surface area contributed by atoms with E-state index in [4.69, 9.17) is 0 Å². The minimum absolute atomic E-state index is 0.0451. The van der Waals surface area contributed by atoms with Crippen molar-refractivity contribution in [3.63, 3.8) is 0 Å². The number of piperazine rings is 1. The lowest BCUT2D eigenvalue weighted by Gasteiger charge is -2.35. The number of halogens is 1. The number of likely N-dealkylation sites (tertiary alicyclic amines) is 1. The van der Waals surface area contributed by atoms with Gasteiger partial charge in [0, 0.05) is 45.3 Å². The molecule has 0 saturated carbocycles. The highest BCUT2D eigenvalue weighted by molar-refractivity contribution is 5.91. The third-order valence-electron chi connectivity index (χ3n) is 5.04. The van der Waals surface area contributed by atoms with Gasteiger partial charge in [-0.25, -0.2) is 4.39 Å². The van der Waals surface area contributed by atoms with Crippen molar-refractivity contribution in [3.8, 4) is 0 Å². The number of carbonyl (C=O) groups is 2. The molecule has 2 aliphatic rings. The van der Waals surface area contributed by atoms with Gasteiger partial charge in [0.2, 0.25) is 11.8 Å². The Morgan fingerprint density at radius 1 is 0.885 bits per heavy atom. The van der Waals surface area contributed by atoms with Crippen LogP contribution < -0.4 is 0 Å². The van der Waals surface area contributed by atoms with Crippen molar-refractivity contribution >= 4 is 17.9 Å². The van der Waals surface area contributed by atoms with Crippen LogP contribution in [0.25, 0.3) is 6.08 Å². The molecular formula is C20H26FN3O2. The van der Waals surface area contributed by atoms with Gasteiger partial charge in [0.1, 0.15) is 5.82 Å². The maximum absolute atomic E-state index is 12.9. The van der Waals surface area contributed by atoms with Gasteiger partial charge in [0.15, 0.2) is 0 Å². The molecule has 0 unspecified atom stereocenters. The summed E-state index contributed by atoms with van der Waals surface area (Å²) in [6, 6.07) is 6.04. The number of carbonyl (C=O) groups excluding carboxylic acids is 2. The Morgan fingerprint density at radius 2 is 1.54 bits per heavy atom. The molecule has 5 nitrogen and oxygen atoms in total. The Hall–Kier alpha value is -2.21. The summed E-state index contributed by atoms with van der Waals surface area (Å²) in [5.41, 5.74) is 0.797. The molecule has 0 bridgehead atoms. The maximum atomic E-state index is 12.9. The first-order valence-electron chi connectivity index (χ1n) is 9.34.